The number of aryl methyl sites for hydroxylation is 1. The summed E-state index contributed by atoms with van der Waals surface area (Å²) in [4.78, 5) is 18.3. The van der Waals surface area contributed by atoms with E-state index < -0.39 is 0 Å². The number of aromatic amines is 1. The summed E-state index contributed by atoms with van der Waals surface area (Å²) in [5.74, 6) is 0.344. The molecular weight excluding hydrogens is 296 g/mol. The Hall–Kier alpha value is -1.77. The second-order valence-electron chi connectivity index (χ2n) is 7.40. The van der Waals surface area contributed by atoms with Gasteiger partial charge in [-0.05, 0) is 51.2 Å². The fourth-order valence-corrected chi connectivity index (χ4v) is 4.17. The fraction of sp³-hybridized carbons (Fsp3) is 0.571. The average molecular weight is 326 g/mol. The van der Waals surface area contributed by atoms with Crippen molar-refractivity contribution < 1.29 is 4.79 Å². The van der Waals surface area contributed by atoms with Crippen molar-refractivity contribution >= 4 is 16.8 Å². The van der Waals surface area contributed by atoms with E-state index in [4.69, 9.17) is 0 Å². The van der Waals surface area contributed by atoms with Crippen molar-refractivity contribution in [3.8, 4) is 0 Å². The number of hydrogen-bond donors (Lipinski definition) is 1. The third kappa shape index (κ3) is 3.82. The molecule has 24 heavy (non-hydrogen) atoms. The molecular formula is C21H30N2O. The first-order chi connectivity index (χ1) is 11.7. The number of nitrogens with one attached hydrogen (secondary N) is 1. The van der Waals surface area contributed by atoms with Crippen molar-refractivity contribution in [2.24, 2.45) is 0 Å². The quantitative estimate of drug-likeness (QED) is 0.791. The second kappa shape index (κ2) is 7.87. The van der Waals surface area contributed by atoms with Gasteiger partial charge < -0.3 is 9.88 Å². The molecule has 1 aromatic carbocycles. The van der Waals surface area contributed by atoms with Crippen molar-refractivity contribution in [3.05, 3.63) is 36.0 Å². The monoisotopic (exact) mass is 326 g/mol. The molecule has 0 spiro atoms. The van der Waals surface area contributed by atoms with E-state index >= 15 is 0 Å². The van der Waals surface area contributed by atoms with Gasteiger partial charge >= 0.3 is 0 Å². The zero-order valence-corrected chi connectivity index (χ0v) is 15.1. The Morgan fingerprint density at radius 2 is 1.96 bits per heavy atom. The maximum absolute atomic E-state index is 12.8. The highest BCUT2D eigenvalue weighted by molar-refractivity contribution is 5.83. The normalized spacial score (nSPS) is 16.0. The van der Waals surface area contributed by atoms with Crippen LogP contribution in [0.5, 0.6) is 0 Å². The number of fused-ring (bicyclic) bond motifs is 1. The summed E-state index contributed by atoms with van der Waals surface area (Å²) in [6, 6.07) is 9.18. The zero-order valence-electron chi connectivity index (χ0n) is 15.1. The number of carbonyl (C=O) groups excluding carboxylic acids is 1. The molecule has 0 bridgehead atoms. The molecule has 1 saturated carbocycles. The van der Waals surface area contributed by atoms with Crippen LogP contribution in [-0.2, 0) is 11.2 Å². The molecule has 0 atom stereocenters. The van der Waals surface area contributed by atoms with Crippen LogP contribution in [0, 0.1) is 0 Å². The summed E-state index contributed by atoms with van der Waals surface area (Å²) < 4.78 is 0. The molecule has 2 aromatic rings. The van der Waals surface area contributed by atoms with Gasteiger partial charge in [0.05, 0.1) is 0 Å². The molecule has 3 nitrogen and oxygen atoms in total. The minimum atomic E-state index is 0.314. The molecule has 1 aromatic heterocycles. The third-order valence-electron chi connectivity index (χ3n) is 5.32. The van der Waals surface area contributed by atoms with Gasteiger partial charge in [-0.15, -0.1) is 0 Å². The number of carbonyl (C=O) groups is 1. The van der Waals surface area contributed by atoms with Crippen LogP contribution in [-0.4, -0.2) is 27.9 Å². The maximum Gasteiger partial charge on any atom is 0.223 e. The molecule has 1 aliphatic carbocycles. The minimum Gasteiger partial charge on any atom is -0.361 e. The third-order valence-corrected chi connectivity index (χ3v) is 5.32. The predicted molar refractivity (Wildman–Crippen MR) is 100 cm³/mol. The van der Waals surface area contributed by atoms with Gasteiger partial charge in [0.15, 0.2) is 0 Å². The minimum absolute atomic E-state index is 0.314. The largest absolute Gasteiger partial charge is 0.361 e. The summed E-state index contributed by atoms with van der Waals surface area (Å²) >= 11 is 0. The number of nitrogens with zero attached hydrogens (tertiary/aromatic N) is 1. The summed E-state index contributed by atoms with van der Waals surface area (Å²) in [6.07, 6.45) is 10.9. The van der Waals surface area contributed by atoms with Gasteiger partial charge in [-0.3, -0.25) is 4.79 Å². The van der Waals surface area contributed by atoms with Crippen LogP contribution < -0.4 is 0 Å². The van der Waals surface area contributed by atoms with Gasteiger partial charge in [-0.1, -0.05) is 37.5 Å². The first kappa shape index (κ1) is 17.1. The second-order valence-corrected chi connectivity index (χ2v) is 7.40. The highest BCUT2D eigenvalue weighted by Gasteiger charge is 2.26. The zero-order chi connectivity index (χ0) is 16.9. The predicted octanol–water partition coefficient (Wildman–Crippen LogP) is 5.06. The molecule has 0 saturated heterocycles. The number of H-pyrrole nitrogens is 1. The molecule has 130 valence electrons. The fourth-order valence-electron chi connectivity index (χ4n) is 4.17. The molecule has 1 amide bonds. The first-order valence-corrected chi connectivity index (χ1v) is 9.53. The van der Waals surface area contributed by atoms with Gasteiger partial charge in [0.1, 0.15) is 0 Å². The van der Waals surface area contributed by atoms with Crippen molar-refractivity contribution in [1.82, 2.24) is 9.88 Å². The number of amides is 1. The van der Waals surface area contributed by atoms with Crippen molar-refractivity contribution in [2.45, 2.75) is 77.3 Å². The van der Waals surface area contributed by atoms with Gasteiger partial charge in [-0.25, -0.2) is 0 Å². The van der Waals surface area contributed by atoms with Crippen molar-refractivity contribution in [3.63, 3.8) is 0 Å². The number of rotatable bonds is 6. The van der Waals surface area contributed by atoms with E-state index in [9.17, 15) is 4.79 Å². The Bertz CT molecular complexity index is 667. The Labute approximate surface area is 145 Å². The van der Waals surface area contributed by atoms with Gasteiger partial charge in [0.2, 0.25) is 5.91 Å². The highest BCUT2D eigenvalue weighted by atomic mass is 16.2. The molecule has 1 heterocycles. The van der Waals surface area contributed by atoms with Crippen LogP contribution in [0.3, 0.4) is 0 Å². The summed E-state index contributed by atoms with van der Waals surface area (Å²) in [5, 5.41) is 1.29. The Morgan fingerprint density at radius 3 is 2.71 bits per heavy atom. The molecule has 0 aliphatic heterocycles. The maximum atomic E-state index is 12.8. The van der Waals surface area contributed by atoms with E-state index in [1.165, 1.54) is 48.6 Å². The van der Waals surface area contributed by atoms with Gasteiger partial charge in [-0.2, -0.15) is 0 Å². The first-order valence-electron chi connectivity index (χ1n) is 9.53. The number of hydrogen-bond acceptors (Lipinski definition) is 1. The Balaban J connectivity index is 1.57. The van der Waals surface area contributed by atoms with Crippen LogP contribution >= 0.6 is 0 Å². The van der Waals surface area contributed by atoms with Crippen LogP contribution in [0.2, 0.25) is 0 Å². The molecule has 0 unspecified atom stereocenters. The van der Waals surface area contributed by atoms with E-state index in [2.05, 4.69) is 54.2 Å². The van der Waals surface area contributed by atoms with E-state index in [0.717, 1.165) is 12.8 Å². The van der Waals surface area contributed by atoms with Crippen molar-refractivity contribution in [1.29, 1.82) is 0 Å². The summed E-state index contributed by atoms with van der Waals surface area (Å²) in [5.41, 5.74) is 2.51. The molecule has 3 rings (SSSR count). The lowest BCUT2D eigenvalue weighted by molar-refractivity contribution is -0.136. The standard InChI is InChI=1S/C21H30N2O/c1-16(2)23(18-10-4-3-5-11-18)21(24)14-8-9-17-15-22-20-13-7-6-12-19(17)20/h6-7,12-13,15-16,18,22H,3-5,8-11,14H2,1-2H3. The number of para-hydroxylation sites is 1. The van der Waals surface area contributed by atoms with E-state index in [1.54, 1.807) is 0 Å². The van der Waals surface area contributed by atoms with Crippen molar-refractivity contribution in [2.75, 3.05) is 0 Å². The smallest absolute Gasteiger partial charge is 0.223 e. The van der Waals surface area contributed by atoms with E-state index in [0.29, 0.717) is 24.4 Å². The number of benzene rings is 1. The Morgan fingerprint density at radius 1 is 1.21 bits per heavy atom. The SMILES string of the molecule is CC(C)N(C(=O)CCCc1c[nH]c2ccccc12)C1CCCCC1. The van der Waals surface area contributed by atoms with Gasteiger partial charge in [0, 0.05) is 35.6 Å². The summed E-state index contributed by atoms with van der Waals surface area (Å²) in [7, 11) is 0. The topological polar surface area (TPSA) is 36.1 Å². The lowest BCUT2D eigenvalue weighted by atomic mass is 9.93. The molecule has 1 aliphatic rings. The lowest BCUT2D eigenvalue weighted by Gasteiger charge is -2.37. The highest BCUT2D eigenvalue weighted by Crippen LogP contribution is 2.25. The summed E-state index contributed by atoms with van der Waals surface area (Å²) in [6.45, 7) is 4.32. The van der Waals surface area contributed by atoms with Gasteiger partial charge in [0.25, 0.3) is 0 Å². The number of aromatic nitrogens is 1. The lowest BCUT2D eigenvalue weighted by Crippen LogP contribution is -2.45. The van der Waals surface area contributed by atoms with Crippen LogP contribution in [0.1, 0.15) is 64.4 Å². The molecule has 3 heteroatoms. The van der Waals surface area contributed by atoms with Crippen LogP contribution in [0.4, 0.5) is 0 Å². The van der Waals surface area contributed by atoms with E-state index in [-0.39, 0.29) is 0 Å². The average Bonchev–Trinajstić information content (AvgIpc) is 2.99. The molecule has 1 N–H and O–H groups in total. The van der Waals surface area contributed by atoms with Crippen LogP contribution in [0.15, 0.2) is 30.5 Å². The molecule has 1 fully saturated rings. The van der Waals surface area contributed by atoms with Crippen LogP contribution in [0.25, 0.3) is 10.9 Å². The van der Waals surface area contributed by atoms with E-state index in [1.807, 2.05) is 0 Å². The molecule has 0 radical (unpaired) electrons. The Kier molecular flexibility index (Phi) is 5.60.